The van der Waals surface area contributed by atoms with E-state index >= 15 is 0 Å². The third-order valence-corrected chi connectivity index (χ3v) is 5.88. The van der Waals surface area contributed by atoms with Crippen LogP contribution in [0, 0.1) is 0 Å². The Labute approximate surface area is 127 Å². The van der Waals surface area contributed by atoms with Gasteiger partial charge in [0.1, 0.15) is 5.01 Å². The topological polar surface area (TPSA) is 71.1 Å². The van der Waals surface area contributed by atoms with Gasteiger partial charge in [-0.25, -0.2) is 18.1 Å². The third kappa shape index (κ3) is 4.10. The lowest BCUT2D eigenvalue weighted by atomic mass is 10.4. The highest BCUT2D eigenvalue weighted by Gasteiger charge is 2.19. The predicted octanol–water partition coefficient (Wildman–Crippen LogP) is 2.18. The Morgan fingerprint density at radius 3 is 2.70 bits per heavy atom. The van der Waals surface area contributed by atoms with Crippen molar-refractivity contribution in [3.05, 3.63) is 32.9 Å². The zero-order valence-corrected chi connectivity index (χ0v) is 13.7. The number of hydrogen-bond donors (Lipinski definition) is 2. The van der Waals surface area contributed by atoms with Crippen LogP contribution in [-0.4, -0.2) is 19.4 Å². The molecule has 0 unspecified atom stereocenters. The van der Waals surface area contributed by atoms with Crippen molar-refractivity contribution in [2.24, 2.45) is 0 Å². The van der Waals surface area contributed by atoms with Crippen molar-refractivity contribution in [1.82, 2.24) is 15.0 Å². The summed E-state index contributed by atoms with van der Waals surface area (Å²) in [7, 11) is -3.48. The van der Waals surface area contributed by atoms with Gasteiger partial charge in [0.05, 0.1) is 11.4 Å². The van der Waals surface area contributed by atoms with Gasteiger partial charge in [-0.05, 0) is 11.4 Å². The molecule has 0 spiro atoms. The quantitative estimate of drug-likeness (QED) is 0.816. The second-order valence-electron chi connectivity index (χ2n) is 4.49. The average molecular weight is 331 g/mol. The van der Waals surface area contributed by atoms with Gasteiger partial charge in [-0.1, -0.05) is 13.8 Å². The molecule has 0 saturated carbocycles. The molecule has 2 heterocycles. The highest BCUT2D eigenvalue weighted by molar-refractivity contribution is 7.89. The molecule has 0 fully saturated rings. The molecule has 2 N–H and O–H groups in total. The molecule has 0 atom stereocenters. The van der Waals surface area contributed by atoms with E-state index in [-0.39, 0.29) is 6.54 Å². The van der Waals surface area contributed by atoms with E-state index in [0.29, 0.717) is 17.5 Å². The van der Waals surface area contributed by atoms with Gasteiger partial charge in [-0.2, -0.15) is 0 Å². The van der Waals surface area contributed by atoms with Crippen LogP contribution >= 0.6 is 22.7 Å². The normalized spacial score (nSPS) is 12.2. The van der Waals surface area contributed by atoms with Crippen LogP contribution < -0.4 is 10.0 Å². The van der Waals surface area contributed by atoms with Crippen molar-refractivity contribution < 1.29 is 8.42 Å². The van der Waals surface area contributed by atoms with Crippen molar-refractivity contribution >= 4 is 32.7 Å². The zero-order valence-electron chi connectivity index (χ0n) is 11.3. The van der Waals surface area contributed by atoms with E-state index in [2.05, 4.69) is 15.0 Å². The molecule has 20 heavy (non-hydrogen) atoms. The smallest absolute Gasteiger partial charge is 0.242 e. The molecule has 110 valence electrons. The molecule has 0 amide bonds. The number of thiazole rings is 1. The lowest BCUT2D eigenvalue weighted by Crippen LogP contribution is -2.26. The van der Waals surface area contributed by atoms with Crippen molar-refractivity contribution in [1.29, 1.82) is 0 Å². The Hall–Kier alpha value is -0.800. The standard InChI is InChI=1S/C12H17N3O2S3/c1-9(2)14-7-10-11(3-5-18-10)20(16,17)15-8-12-13-4-6-19-12/h3-6,9,14-15H,7-8H2,1-2H3. The van der Waals surface area contributed by atoms with Gasteiger partial charge in [0.2, 0.25) is 10.0 Å². The SMILES string of the molecule is CC(C)NCc1sccc1S(=O)(=O)NCc1nccs1. The van der Waals surface area contributed by atoms with Crippen LogP contribution in [0.4, 0.5) is 0 Å². The maximum absolute atomic E-state index is 12.3. The van der Waals surface area contributed by atoms with Crippen molar-refractivity contribution in [3.8, 4) is 0 Å². The number of aromatic nitrogens is 1. The molecule has 2 rings (SSSR count). The van der Waals surface area contributed by atoms with Crippen LogP contribution in [0.3, 0.4) is 0 Å². The number of rotatable bonds is 7. The Balaban J connectivity index is 2.07. The Kier molecular flexibility index (Phi) is 5.28. The molecule has 5 nitrogen and oxygen atoms in total. The van der Waals surface area contributed by atoms with E-state index in [1.807, 2.05) is 19.2 Å². The van der Waals surface area contributed by atoms with Crippen molar-refractivity contribution in [2.45, 2.75) is 37.9 Å². The largest absolute Gasteiger partial charge is 0.310 e. The fourth-order valence-electron chi connectivity index (χ4n) is 1.57. The van der Waals surface area contributed by atoms with Gasteiger partial charge in [0.25, 0.3) is 0 Å². The summed E-state index contributed by atoms with van der Waals surface area (Å²) < 4.78 is 27.2. The minimum Gasteiger partial charge on any atom is -0.310 e. The molecular weight excluding hydrogens is 314 g/mol. The van der Waals surface area contributed by atoms with Crippen LogP contribution in [0.15, 0.2) is 27.9 Å². The number of nitrogens with one attached hydrogen (secondary N) is 2. The summed E-state index contributed by atoms with van der Waals surface area (Å²) in [6.07, 6.45) is 1.66. The first-order chi connectivity index (χ1) is 9.49. The van der Waals surface area contributed by atoms with Crippen molar-refractivity contribution in [3.63, 3.8) is 0 Å². The van der Waals surface area contributed by atoms with Crippen LogP contribution in [0.2, 0.25) is 0 Å². The highest BCUT2D eigenvalue weighted by Crippen LogP contribution is 2.22. The zero-order chi connectivity index (χ0) is 14.6. The van der Waals surface area contributed by atoms with E-state index < -0.39 is 10.0 Å². The summed E-state index contributed by atoms with van der Waals surface area (Å²) >= 11 is 2.88. The van der Waals surface area contributed by atoms with E-state index in [4.69, 9.17) is 0 Å². The Bertz CT molecular complexity index is 633. The monoisotopic (exact) mass is 331 g/mol. The number of nitrogens with zero attached hydrogens (tertiary/aromatic N) is 1. The van der Waals surface area contributed by atoms with Crippen LogP contribution in [-0.2, 0) is 23.1 Å². The molecule has 0 saturated heterocycles. The lowest BCUT2D eigenvalue weighted by molar-refractivity contribution is 0.571. The summed E-state index contributed by atoms with van der Waals surface area (Å²) in [6.45, 7) is 4.85. The molecule has 0 aliphatic carbocycles. The molecule has 2 aromatic heterocycles. The first kappa shape index (κ1) is 15.6. The van der Waals surface area contributed by atoms with Crippen LogP contribution in [0.5, 0.6) is 0 Å². The summed E-state index contributed by atoms with van der Waals surface area (Å²) in [5.41, 5.74) is 0. The molecule has 0 bridgehead atoms. The van der Waals surface area contributed by atoms with Crippen LogP contribution in [0.25, 0.3) is 0 Å². The molecular formula is C12H17N3O2S3. The third-order valence-electron chi connectivity index (χ3n) is 2.56. The van der Waals surface area contributed by atoms with Gasteiger partial charge in [0, 0.05) is 29.0 Å². The minimum absolute atomic E-state index is 0.229. The fourth-order valence-corrected chi connectivity index (χ4v) is 4.60. The first-order valence-electron chi connectivity index (χ1n) is 6.17. The Morgan fingerprint density at radius 2 is 2.05 bits per heavy atom. The van der Waals surface area contributed by atoms with Gasteiger partial charge < -0.3 is 5.32 Å². The van der Waals surface area contributed by atoms with E-state index in [1.54, 1.807) is 17.6 Å². The van der Waals surface area contributed by atoms with Crippen molar-refractivity contribution in [2.75, 3.05) is 0 Å². The Morgan fingerprint density at radius 1 is 1.25 bits per heavy atom. The molecule has 0 aromatic carbocycles. The lowest BCUT2D eigenvalue weighted by Gasteiger charge is -2.09. The van der Waals surface area contributed by atoms with E-state index in [1.165, 1.54) is 22.7 Å². The summed E-state index contributed by atoms with van der Waals surface area (Å²) in [4.78, 5) is 5.24. The molecule has 2 aromatic rings. The second-order valence-corrected chi connectivity index (χ2v) is 8.21. The maximum atomic E-state index is 12.3. The fraction of sp³-hybridized carbons (Fsp3) is 0.417. The van der Waals surface area contributed by atoms with E-state index in [9.17, 15) is 8.42 Å². The molecule has 0 radical (unpaired) electrons. The predicted molar refractivity (Wildman–Crippen MR) is 82.4 cm³/mol. The second kappa shape index (κ2) is 6.77. The van der Waals surface area contributed by atoms with Gasteiger partial charge >= 0.3 is 0 Å². The first-order valence-corrected chi connectivity index (χ1v) is 9.41. The van der Waals surface area contributed by atoms with Gasteiger partial charge in [-0.3, -0.25) is 0 Å². The van der Waals surface area contributed by atoms with Gasteiger partial charge in [0.15, 0.2) is 0 Å². The van der Waals surface area contributed by atoms with Gasteiger partial charge in [-0.15, -0.1) is 22.7 Å². The summed E-state index contributed by atoms with van der Waals surface area (Å²) in [5, 5.41) is 7.62. The maximum Gasteiger partial charge on any atom is 0.242 e. The molecule has 0 aliphatic heterocycles. The van der Waals surface area contributed by atoms with Crippen LogP contribution in [0.1, 0.15) is 23.7 Å². The average Bonchev–Trinajstić information content (AvgIpc) is 3.05. The van der Waals surface area contributed by atoms with E-state index in [0.717, 1.165) is 9.88 Å². The minimum atomic E-state index is -3.48. The summed E-state index contributed by atoms with van der Waals surface area (Å²) in [6, 6.07) is 1.96. The summed E-state index contributed by atoms with van der Waals surface area (Å²) in [5.74, 6) is 0. The molecule has 0 aliphatic rings. The number of hydrogen-bond acceptors (Lipinski definition) is 6. The number of thiophene rings is 1. The number of sulfonamides is 1. The molecule has 8 heteroatoms. The highest BCUT2D eigenvalue weighted by atomic mass is 32.2.